The molecule has 1 saturated heterocycles. The zero-order chi connectivity index (χ0) is 19.3. The first-order valence-electron chi connectivity index (χ1n) is 9.33. The fraction of sp³-hybridized carbons (Fsp3) is 0.227. The van der Waals surface area contributed by atoms with E-state index in [1.807, 2.05) is 72.6 Å². The third kappa shape index (κ3) is 3.87. The minimum absolute atomic E-state index is 0.0920. The van der Waals surface area contributed by atoms with Crippen LogP contribution in [0, 0.1) is 0 Å². The summed E-state index contributed by atoms with van der Waals surface area (Å²) in [6, 6.07) is 21.4. The van der Waals surface area contributed by atoms with E-state index in [4.69, 9.17) is 9.72 Å². The van der Waals surface area contributed by atoms with E-state index < -0.39 is 0 Å². The van der Waals surface area contributed by atoms with E-state index in [-0.39, 0.29) is 5.91 Å². The maximum atomic E-state index is 13.1. The first kappa shape index (κ1) is 18.1. The Kier molecular flexibility index (Phi) is 5.30. The average Bonchev–Trinajstić information content (AvgIpc) is 2.79. The number of benzene rings is 2. The Balaban J connectivity index is 1.76. The van der Waals surface area contributed by atoms with Crippen LogP contribution in [0.15, 0.2) is 66.7 Å². The Morgan fingerprint density at radius 3 is 2.29 bits per heavy atom. The molecule has 0 saturated carbocycles. The van der Waals surface area contributed by atoms with Crippen LogP contribution in [0.25, 0.3) is 11.4 Å². The fourth-order valence-electron chi connectivity index (χ4n) is 3.14. The van der Waals surface area contributed by atoms with E-state index >= 15 is 0 Å². The van der Waals surface area contributed by atoms with Crippen molar-refractivity contribution in [3.05, 3.63) is 72.4 Å². The highest BCUT2D eigenvalue weighted by molar-refractivity contribution is 5.93. The van der Waals surface area contributed by atoms with Gasteiger partial charge in [0.15, 0.2) is 5.82 Å². The van der Waals surface area contributed by atoms with Crippen molar-refractivity contribution in [1.29, 1.82) is 0 Å². The second-order valence-electron chi connectivity index (χ2n) is 6.60. The number of amides is 1. The molecule has 6 heteroatoms. The summed E-state index contributed by atoms with van der Waals surface area (Å²) in [5.41, 5.74) is 2.26. The third-order valence-electron chi connectivity index (χ3n) is 4.75. The van der Waals surface area contributed by atoms with Gasteiger partial charge in [0.1, 0.15) is 11.5 Å². The molecule has 4 rings (SSSR count). The molecule has 1 aliphatic heterocycles. The van der Waals surface area contributed by atoms with Crippen molar-refractivity contribution < 1.29 is 9.53 Å². The molecule has 1 aliphatic rings. The van der Waals surface area contributed by atoms with E-state index in [0.717, 1.165) is 11.3 Å². The Bertz CT molecular complexity index is 941. The lowest BCUT2D eigenvalue weighted by Crippen LogP contribution is -2.41. The van der Waals surface area contributed by atoms with Crippen LogP contribution in [0.3, 0.4) is 0 Å². The first-order chi connectivity index (χ1) is 13.7. The van der Waals surface area contributed by atoms with Crippen molar-refractivity contribution >= 4 is 17.4 Å². The van der Waals surface area contributed by atoms with Crippen molar-refractivity contribution in [2.45, 2.75) is 0 Å². The molecule has 6 nitrogen and oxygen atoms in total. The van der Waals surface area contributed by atoms with Gasteiger partial charge in [-0.15, -0.1) is 0 Å². The van der Waals surface area contributed by atoms with E-state index in [2.05, 4.69) is 4.98 Å². The summed E-state index contributed by atoms with van der Waals surface area (Å²) in [6.45, 7) is 2.26. The van der Waals surface area contributed by atoms with Crippen LogP contribution in [0.1, 0.15) is 10.5 Å². The van der Waals surface area contributed by atoms with Crippen LogP contribution in [0.5, 0.6) is 0 Å². The van der Waals surface area contributed by atoms with Crippen molar-refractivity contribution in [3.63, 3.8) is 0 Å². The lowest BCUT2D eigenvalue weighted by atomic mass is 10.2. The summed E-state index contributed by atoms with van der Waals surface area (Å²) in [5, 5.41) is 0. The van der Waals surface area contributed by atoms with E-state index in [1.165, 1.54) is 0 Å². The van der Waals surface area contributed by atoms with Gasteiger partial charge in [-0.25, -0.2) is 9.97 Å². The van der Waals surface area contributed by atoms with Gasteiger partial charge in [-0.2, -0.15) is 0 Å². The monoisotopic (exact) mass is 374 g/mol. The maximum Gasteiger partial charge on any atom is 0.272 e. The number of nitrogens with zero attached hydrogens (tertiary/aromatic N) is 4. The number of para-hydroxylation sites is 1. The Hall–Kier alpha value is -3.25. The molecule has 0 unspecified atom stereocenters. The standard InChI is InChI=1S/C22H22N4O2/c1-25(18-10-6-3-7-11-18)20-16-19(22(27)26-12-14-28-15-13-26)23-21(24-20)17-8-4-2-5-9-17/h2-11,16H,12-15H2,1H3. The van der Waals surface area contributed by atoms with Gasteiger partial charge in [-0.3, -0.25) is 4.79 Å². The molecular weight excluding hydrogens is 352 g/mol. The molecule has 28 heavy (non-hydrogen) atoms. The lowest BCUT2D eigenvalue weighted by Gasteiger charge is -2.27. The van der Waals surface area contributed by atoms with Gasteiger partial charge in [0, 0.05) is 37.5 Å². The number of ether oxygens (including phenoxy) is 1. The molecule has 1 amide bonds. The highest BCUT2D eigenvalue weighted by atomic mass is 16.5. The number of rotatable bonds is 4. The number of anilines is 2. The Morgan fingerprint density at radius 1 is 0.964 bits per heavy atom. The second kappa shape index (κ2) is 8.19. The van der Waals surface area contributed by atoms with Crippen molar-refractivity contribution in [3.8, 4) is 11.4 Å². The summed E-state index contributed by atoms with van der Waals surface area (Å²) in [5.74, 6) is 1.12. The quantitative estimate of drug-likeness (QED) is 0.701. The van der Waals surface area contributed by atoms with Crippen LogP contribution in [-0.4, -0.2) is 54.1 Å². The fourth-order valence-corrected chi connectivity index (χ4v) is 3.14. The van der Waals surface area contributed by atoms with Crippen molar-refractivity contribution in [2.24, 2.45) is 0 Å². The Labute approximate surface area is 164 Å². The van der Waals surface area contributed by atoms with Crippen molar-refractivity contribution in [1.82, 2.24) is 14.9 Å². The highest BCUT2D eigenvalue weighted by Gasteiger charge is 2.22. The number of hydrogen-bond donors (Lipinski definition) is 0. The predicted molar refractivity (Wildman–Crippen MR) is 109 cm³/mol. The van der Waals surface area contributed by atoms with Crippen LogP contribution >= 0.6 is 0 Å². The molecule has 2 aromatic carbocycles. The minimum atomic E-state index is -0.0920. The summed E-state index contributed by atoms with van der Waals surface area (Å²) >= 11 is 0. The largest absolute Gasteiger partial charge is 0.378 e. The predicted octanol–water partition coefficient (Wildman–Crippen LogP) is 3.38. The maximum absolute atomic E-state index is 13.1. The summed E-state index contributed by atoms with van der Waals surface area (Å²) in [6.07, 6.45) is 0. The highest BCUT2D eigenvalue weighted by Crippen LogP contribution is 2.25. The first-order valence-corrected chi connectivity index (χ1v) is 9.33. The topological polar surface area (TPSA) is 58.6 Å². The molecular formula is C22H22N4O2. The zero-order valence-electron chi connectivity index (χ0n) is 15.8. The average molecular weight is 374 g/mol. The number of carbonyl (C=O) groups is 1. The molecule has 0 N–H and O–H groups in total. The van der Waals surface area contributed by atoms with Gasteiger partial charge in [-0.1, -0.05) is 48.5 Å². The summed E-state index contributed by atoms with van der Waals surface area (Å²) in [4.78, 5) is 26.1. The number of aromatic nitrogens is 2. The van der Waals surface area contributed by atoms with Crippen LogP contribution in [-0.2, 0) is 4.74 Å². The molecule has 1 aromatic heterocycles. The summed E-state index contributed by atoms with van der Waals surface area (Å²) < 4.78 is 5.36. The molecule has 1 fully saturated rings. The molecule has 3 aromatic rings. The van der Waals surface area contributed by atoms with Crippen molar-refractivity contribution in [2.75, 3.05) is 38.3 Å². The SMILES string of the molecule is CN(c1ccccc1)c1cc(C(=O)N2CCOCC2)nc(-c2ccccc2)n1. The molecule has 0 atom stereocenters. The minimum Gasteiger partial charge on any atom is -0.378 e. The smallest absolute Gasteiger partial charge is 0.272 e. The van der Waals surface area contributed by atoms with Gasteiger partial charge in [-0.05, 0) is 12.1 Å². The number of carbonyl (C=O) groups excluding carboxylic acids is 1. The number of hydrogen-bond acceptors (Lipinski definition) is 5. The molecule has 0 spiro atoms. The van der Waals surface area contributed by atoms with Crippen LogP contribution < -0.4 is 4.90 Å². The molecule has 0 bridgehead atoms. The molecule has 0 radical (unpaired) electrons. The molecule has 142 valence electrons. The zero-order valence-corrected chi connectivity index (χ0v) is 15.8. The van der Waals surface area contributed by atoms with Gasteiger partial charge in [0.05, 0.1) is 13.2 Å². The van der Waals surface area contributed by atoms with Gasteiger partial charge >= 0.3 is 0 Å². The van der Waals surface area contributed by atoms with E-state index in [9.17, 15) is 4.79 Å². The lowest BCUT2D eigenvalue weighted by molar-refractivity contribution is 0.0299. The Morgan fingerprint density at radius 2 is 1.61 bits per heavy atom. The van der Waals surface area contributed by atoms with E-state index in [0.29, 0.717) is 43.6 Å². The number of morpholine rings is 1. The van der Waals surface area contributed by atoms with Crippen LogP contribution in [0.2, 0.25) is 0 Å². The summed E-state index contributed by atoms with van der Waals surface area (Å²) in [7, 11) is 1.94. The molecule has 0 aliphatic carbocycles. The van der Waals surface area contributed by atoms with Crippen LogP contribution in [0.4, 0.5) is 11.5 Å². The molecule has 2 heterocycles. The van der Waals surface area contributed by atoms with Gasteiger partial charge in [0.25, 0.3) is 5.91 Å². The second-order valence-corrected chi connectivity index (χ2v) is 6.60. The van der Waals surface area contributed by atoms with Gasteiger partial charge < -0.3 is 14.5 Å². The van der Waals surface area contributed by atoms with E-state index in [1.54, 1.807) is 11.0 Å². The van der Waals surface area contributed by atoms with Gasteiger partial charge in [0.2, 0.25) is 0 Å². The normalized spacial score (nSPS) is 14.0. The third-order valence-corrected chi connectivity index (χ3v) is 4.75.